The molecule has 2 aliphatic heterocycles. The van der Waals surface area contributed by atoms with Gasteiger partial charge in [-0.1, -0.05) is 12.1 Å². The predicted molar refractivity (Wildman–Crippen MR) is 88.9 cm³/mol. The Hall–Kier alpha value is -2.25. The topological polar surface area (TPSA) is 67.8 Å². The first-order valence-corrected chi connectivity index (χ1v) is 8.26. The van der Waals surface area contributed by atoms with Gasteiger partial charge in [-0.15, -0.1) is 0 Å². The van der Waals surface area contributed by atoms with E-state index in [1.807, 2.05) is 29.2 Å². The first-order valence-electron chi connectivity index (χ1n) is 8.26. The Morgan fingerprint density at radius 3 is 2.71 bits per heavy atom. The second-order valence-electron chi connectivity index (χ2n) is 5.96. The molecule has 2 aliphatic rings. The van der Waals surface area contributed by atoms with E-state index in [0.717, 1.165) is 16.9 Å². The van der Waals surface area contributed by atoms with Crippen LogP contribution in [0, 0.1) is 0 Å². The SMILES string of the molecule is O=C(C1CN(c2cnc3ccccc3n2)CCO1)N1CCOCC1. The third kappa shape index (κ3) is 3.05. The van der Waals surface area contributed by atoms with Crippen LogP contribution in [0.5, 0.6) is 0 Å². The van der Waals surface area contributed by atoms with Gasteiger partial charge in [0.15, 0.2) is 6.10 Å². The van der Waals surface area contributed by atoms with Gasteiger partial charge in [0.05, 0.1) is 43.6 Å². The molecule has 7 heteroatoms. The second-order valence-corrected chi connectivity index (χ2v) is 5.96. The average Bonchev–Trinajstić information content (AvgIpc) is 2.68. The van der Waals surface area contributed by atoms with E-state index in [1.165, 1.54) is 0 Å². The number of fused-ring (bicyclic) bond motifs is 1. The Morgan fingerprint density at radius 1 is 1.08 bits per heavy atom. The summed E-state index contributed by atoms with van der Waals surface area (Å²) < 4.78 is 11.0. The molecule has 1 atom stereocenters. The first kappa shape index (κ1) is 15.3. The smallest absolute Gasteiger partial charge is 0.253 e. The number of anilines is 1. The lowest BCUT2D eigenvalue weighted by molar-refractivity contribution is -0.148. The first-order chi connectivity index (χ1) is 11.8. The number of carbonyl (C=O) groups is 1. The van der Waals surface area contributed by atoms with E-state index in [0.29, 0.717) is 46.0 Å². The van der Waals surface area contributed by atoms with Gasteiger partial charge in [-0.05, 0) is 12.1 Å². The van der Waals surface area contributed by atoms with Gasteiger partial charge < -0.3 is 19.3 Å². The minimum absolute atomic E-state index is 0.0387. The number of amides is 1. The highest BCUT2D eigenvalue weighted by molar-refractivity contribution is 5.82. The maximum absolute atomic E-state index is 12.6. The molecule has 2 aromatic rings. The van der Waals surface area contributed by atoms with E-state index in [9.17, 15) is 4.79 Å². The summed E-state index contributed by atoms with van der Waals surface area (Å²) in [7, 11) is 0. The summed E-state index contributed by atoms with van der Waals surface area (Å²) in [4.78, 5) is 25.7. The number of rotatable bonds is 2. The van der Waals surface area contributed by atoms with Gasteiger partial charge in [0.2, 0.25) is 0 Å². The van der Waals surface area contributed by atoms with Crippen LogP contribution in [-0.2, 0) is 14.3 Å². The molecule has 0 spiro atoms. The number of carbonyl (C=O) groups excluding carboxylic acids is 1. The number of benzene rings is 1. The molecular formula is C17H20N4O3. The van der Waals surface area contributed by atoms with Crippen molar-refractivity contribution in [3.63, 3.8) is 0 Å². The predicted octanol–water partition coefficient (Wildman–Crippen LogP) is 0.694. The van der Waals surface area contributed by atoms with Gasteiger partial charge in [-0.2, -0.15) is 0 Å². The zero-order valence-electron chi connectivity index (χ0n) is 13.4. The number of ether oxygens (including phenoxy) is 2. The van der Waals surface area contributed by atoms with E-state index in [-0.39, 0.29) is 5.91 Å². The normalized spacial score (nSPS) is 21.9. The maximum Gasteiger partial charge on any atom is 0.253 e. The Kier molecular flexibility index (Phi) is 4.27. The van der Waals surface area contributed by atoms with Crippen LogP contribution < -0.4 is 4.90 Å². The molecule has 2 fully saturated rings. The second kappa shape index (κ2) is 6.70. The van der Waals surface area contributed by atoms with Crippen molar-refractivity contribution >= 4 is 22.8 Å². The standard InChI is InChI=1S/C17H20N4O3/c22-17(20-5-8-23-9-6-20)15-12-21(7-10-24-15)16-11-18-13-3-1-2-4-14(13)19-16/h1-4,11,15H,5-10,12H2. The van der Waals surface area contributed by atoms with Crippen LogP contribution in [0.4, 0.5) is 5.82 Å². The molecule has 1 amide bonds. The number of hydrogen-bond acceptors (Lipinski definition) is 6. The largest absolute Gasteiger partial charge is 0.378 e. The fourth-order valence-electron chi connectivity index (χ4n) is 3.09. The zero-order valence-corrected chi connectivity index (χ0v) is 13.4. The highest BCUT2D eigenvalue weighted by Crippen LogP contribution is 2.19. The molecule has 1 aromatic heterocycles. The van der Waals surface area contributed by atoms with E-state index in [2.05, 4.69) is 14.9 Å². The molecule has 2 saturated heterocycles. The molecule has 0 aliphatic carbocycles. The van der Waals surface area contributed by atoms with Crippen molar-refractivity contribution in [2.24, 2.45) is 0 Å². The van der Waals surface area contributed by atoms with E-state index in [1.54, 1.807) is 6.20 Å². The minimum Gasteiger partial charge on any atom is -0.378 e. The van der Waals surface area contributed by atoms with Gasteiger partial charge in [0.1, 0.15) is 5.82 Å². The zero-order chi connectivity index (χ0) is 16.4. The maximum atomic E-state index is 12.6. The minimum atomic E-state index is -0.454. The highest BCUT2D eigenvalue weighted by atomic mass is 16.5. The lowest BCUT2D eigenvalue weighted by Gasteiger charge is -2.36. The fraction of sp³-hybridized carbons (Fsp3) is 0.471. The van der Waals surface area contributed by atoms with Crippen LogP contribution in [0.2, 0.25) is 0 Å². The summed E-state index contributed by atoms with van der Waals surface area (Å²) in [6.45, 7) is 4.18. The third-order valence-corrected chi connectivity index (χ3v) is 4.42. The van der Waals surface area contributed by atoms with Crippen molar-refractivity contribution in [3.05, 3.63) is 30.5 Å². The Bertz CT molecular complexity index is 733. The Labute approximate surface area is 140 Å². The van der Waals surface area contributed by atoms with Crippen molar-refractivity contribution < 1.29 is 14.3 Å². The lowest BCUT2D eigenvalue weighted by atomic mass is 10.2. The summed E-state index contributed by atoms with van der Waals surface area (Å²) in [5, 5.41) is 0. The van der Waals surface area contributed by atoms with Crippen LogP contribution in [0.3, 0.4) is 0 Å². The monoisotopic (exact) mass is 328 g/mol. The average molecular weight is 328 g/mol. The summed E-state index contributed by atoms with van der Waals surface area (Å²) in [6.07, 6.45) is 1.31. The van der Waals surface area contributed by atoms with Gasteiger partial charge >= 0.3 is 0 Å². The van der Waals surface area contributed by atoms with Crippen molar-refractivity contribution in [2.75, 3.05) is 50.9 Å². The van der Waals surface area contributed by atoms with Gasteiger partial charge in [-0.25, -0.2) is 4.98 Å². The van der Waals surface area contributed by atoms with Gasteiger partial charge in [0.25, 0.3) is 5.91 Å². The number of nitrogens with zero attached hydrogens (tertiary/aromatic N) is 4. The van der Waals surface area contributed by atoms with Crippen LogP contribution >= 0.6 is 0 Å². The molecule has 0 N–H and O–H groups in total. The lowest BCUT2D eigenvalue weighted by Crippen LogP contribution is -2.53. The molecule has 0 radical (unpaired) electrons. The van der Waals surface area contributed by atoms with Crippen molar-refractivity contribution in [1.29, 1.82) is 0 Å². The van der Waals surface area contributed by atoms with E-state index in [4.69, 9.17) is 9.47 Å². The van der Waals surface area contributed by atoms with Gasteiger partial charge in [-0.3, -0.25) is 9.78 Å². The molecule has 1 unspecified atom stereocenters. The third-order valence-electron chi connectivity index (χ3n) is 4.42. The molecule has 3 heterocycles. The van der Waals surface area contributed by atoms with Crippen molar-refractivity contribution in [2.45, 2.75) is 6.10 Å². The fourth-order valence-corrected chi connectivity index (χ4v) is 3.09. The van der Waals surface area contributed by atoms with Crippen molar-refractivity contribution in [3.8, 4) is 0 Å². The van der Waals surface area contributed by atoms with Crippen LogP contribution in [-0.4, -0.2) is 72.9 Å². The van der Waals surface area contributed by atoms with Crippen molar-refractivity contribution in [1.82, 2.24) is 14.9 Å². The molecule has 1 aromatic carbocycles. The van der Waals surface area contributed by atoms with E-state index < -0.39 is 6.10 Å². The Balaban J connectivity index is 1.50. The van der Waals surface area contributed by atoms with Crippen LogP contribution in [0.15, 0.2) is 30.5 Å². The highest BCUT2D eigenvalue weighted by Gasteiger charge is 2.31. The number of para-hydroxylation sites is 2. The summed E-state index contributed by atoms with van der Waals surface area (Å²) in [5.41, 5.74) is 1.73. The number of hydrogen-bond donors (Lipinski definition) is 0. The quantitative estimate of drug-likeness (QED) is 0.808. The molecule has 126 valence electrons. The molecule has 24 heavy (non-hydrogen) atoms. The van der Waals surface area contributed by atoms with Gasteiger partial charge in [0, 0.05) is 19.6 Å². The molecule has 4 rings (SSSR count). The van der Waals surface area contributed by atoms with Crippen LogP contribution in [0.25, 0.3) is 11.0 Å². The molecule has 0 bridgehead atoms. The molecule has 0 saturated carbocycles. The Morgan fingerprint density at radius 2 is 1.88 bits per heavy atom. The summed E-state index contributed by atoms with van der Waals surface area (Å²) >= 11 is 0. The number of aromatic nitrogens is 2. The van der Waals surface area contributed by atoms with E-state index >= 15 is 0 Å². The number of morpholine rings is 2. The van der Waals surface area contributed by atoms with Crippen LogP contribution in [0.1, 0.15) is 0 Å². The summed E-state index contributed by atoms with van der Waals surface area (Å²) in [6, 6.07) is 7.78. The molecule has 7 nitrogen and oxygen atoms in total. The summed E-state index contributed by atoms with van der Waals surface area (Å²) in [5.74, 6) is 0.827. The molecular weight excluding hydrogens is 308 g/mol.